The first-order valence-corrected chi connectivity index (χ1v) is 6.98. The summed E-state index contributed by atoms with van der Waals surface area (Å²) in [6.45, 7) is 0. The fraction of sp³-hybridized carbons (Fsp3) is 0. The quantitative estimate of drug-likeness (QED) is 0.877. The van der Waals surface area contributed by atoms with Crippen molar-refractivity contribution >= 4 is 46.0 Å². The van der Waals surface area contributed by atoms with Crippen LogP contribution in [0.1, 0.15) is 21.0 Å². The summed E-state index contributed by atoms with van der Waals surface area (Å²) in [6, 6.07) is 9.38. The van der Waals surface area contributed by atoms with Crippen molar-refractivity contribution in [3.8, 4) is 0 Å². The minimum absolute atomic E-state index is 0.0468. The smallest absolute Gasteiger partial charge is 0.267 e. The molecule has 2 rings (SSSR count). The molecule has 0 fully saturated rings. The average Bonchev–Trinajstić information content (AvgIpc) is 2.43. The van der Waals surface area contributed by atoms with Crippen molar-refractivity contribution in [2.24, 2.45) is 5.73 Å². The van der Waals surface area contributed by atoms with E-state index in [1.807, 2.05) is 0 Å². The Labute approximate surface area is 129 Å². The Bertz CT molecular complexity index is 692. The first-order chi connectivity index (χ1) is 9.47. The lowest BCUT2D eigenvalue weighted by Gasteiger charge is -2.03. The highest BCUT2D eigenvalue weighted by Gasteiger charge is 2.12. The van der Waals surface area contributed by atoms with Gasteiger partial charge in [-0.3, -0.25) is 9.59 Å². The first kappa shape index (κ1) is 14.8. The minimum atomic E-state index is -0.681. The molecule has 20 heavy (non-hydrogen) atoms. The molecule has 1 aromatic carbocycles. The number of benzene rings is 1. The molecule has 0 bridgehead atoms. The summed E-state index contributed by atoms with van der Waals surface area (Å²) in [6.07, 6.45) is 0. The van der Waals surface area contributed by atoms with Gasteiger partial charge in [0.15, 0.2) is 0 Å². The maximum atomic E-state index is 12.1. The first-order valence-electron chi connectivity index (χ1n) is 5.41. The Hall–Kier alpha value is -1.56. The third-order valence-electron chi connectivity index (χ3n) is 2.31. The number of hydrogen-bond donors (Lipinski definition) is 1. The van der Waals surface area contributed by atoms with Gasteiger partial charge in [0.2, 0.25) is 5.12 Å². The summed E-state index contributed by atoms with van der Waals surface area (Å²) >= 11 is 12.6. The van der Waals surface area contributed by atoms with Crippen LogP contribution >= 0.6 is 35.0 Å². The second-order valence-corrected chi connectivity index (χ2v) is 5.60. The van der Waals surface area contributed by atoms with E-state index in [1.165, 1.54) is 12.1 Å². The van der Waals surface area contributed by atoms with Crippen LogP contribution in [0.5, 0.6) is 0 Å². The van der Waals surface area contributed by atoms with Crippen molar-refractivity contribution in [2.45, 2.75) is 4.90 Å². The molecule has 102 valence electrons. The number of primary amides is 1. The summed E-state index contributed by atoms with van der Waals surface area (Å²) in [5, 5.41) is 0.465. The number of halogens is 2. The van der Waals surface area contributed by atoms with Gasteiger partial charge in [-0.05, 0) is 42.1 Å². The van der Waals surface area contributed by atoms with Gasteiger partial charge in [-0.15, -0.1) is 0 Å². The lowest BCUT2D eigenvalue weighted by Crippen LogP contribution is -2.14. The number of carbonyl (C=O) groups is 2. The van der Waals surface area contributed by atoms with Crippen LogP contribution in [0.15, 0.2) is 41.3 Å². The van der Waals surface area contributed by atoms with Gasteiger partial charge in [0, 0.05) is 4.90 Å². The molecule has 0 saturated heterocycles. The molecule has 0 spiro atoms. The lowest BCUT2D eigenvalue weighted by molar-refractivity contribution is 0.0995. The highest BCUT2D eigenvalue weighted by atomic mass is 35.5. The number of carbonyl (C=O) groups excluding carboxylic acids is 2. The molecule has 7 heteroatoms. The van der Waals surface area contributed by atoms with E-state index < -0.39 is 5.91 Å². The number of hydrogen-bond acceptors (Lipinski definition) is 4. The van der Waals surface area contributed by atoms with Crippen LogP contribution < -0.4 is 5.73 Å². The Morgan fingerprint density at radius 3 is 2.40 bits per heavy atom. The van der Waals surface area contributed by atoms with E-state index in [4.69, 9.17) is 28.9 Å². The number of aromatic nitrogens is 1. The molecule has 0 atom stereocenters. The van der Waals surface area contributed by atoms with Gasteiger partial charge in [0.1, 0.15) is 11.4 Å². The van der Waals surface area contributed by atoms with Gasteiger partial charge in [-0.25, -0.2) is 4.98 Å². The third kappa shape index (κ3) is 3.50. The van der Waals surface area contributed by atoms with Gasteiger partial charge < -0.3 is 5.73 Å². The second-order valence-electron chi connectivity index (χ2n) is 3.74. The van der Waals surface area contributed by atoms with Crippen LogP contribution in [-0.4, -0.2) is 16.0 Å². The molecule has 0 aliphatic carbocycles. The van der Waals surface area contributed by atoms with Gasteiger partial charge in [-0.1, -0.05) is 29.3 Å². The number of pyridine rings is 1. The van der Waals surface area contributed by atoms with Crippen LogP contribution in [0.4, 0.5) is 0 Å². The SMILES string of the molecule is NC(=O)c1cccc(C(=O)Sc2ccc(Cl)c(Cl)c2)n1. The topological polar surface area (TPSA) is 73.1 Å². The molecular formula is C13H8Cl2N2O2S. The summed E-state index contributed by atoms with van der Waals surface area (Å²) in [5.41, 5.74) is 5.32. The molecule has 0 aliphatic heterocycles. The fourth-order valence-electron chi connectivity index (χ4n) is 1.39. The van der Waals surface area contributed by atoms with E-state index in [2.05, 4.69) is 4.98 Å². The summed E-state index contributed by atoms with van der Waals surface area (Å²) in [4.78, 5) is 27.6. The third-order valence-corrected chi connectivity index (χ3v) is 3.94. The summed E-state index contributed by atoms with van der Waals surface area (Å²) in [5.74, 6) is -0.681. The van der Waals surface area contributed by atoms with E-state index in [-0.39, 0.29) is 16.5 Å². The lowest BCUT2D eigenvalue weighted by atomic mass is 10.3. The zero-order chi connectivity index (χ0) is 14.7. The Balaban J connectivity index is 2.21. The second kappa shape index (κ2) is 6.26. The van der Waals surface area contributed by atoms with Crippen molar-refractivity contribution < 1.29 is 9.59 Å². The largest absolute Gasteiger partial charge is 0.364 e. The maximum absolute atomic E-state index is 12.1. The number of nitrogens with zero attached hydrogens (tertiary/aromatic N) is 1. The van der Waals surface area contributed by atoms with Crippen LogP contribution in [0, 0.1) is 0 Å². The Morgan fingerprint density at radius 1 is 1.05 bits per heavy atom. The molecule has 2 aromatic rings. The van der Waals surface area contributed by atoms with Crippen molar-refractivity contribution in [3.63, 3.8) is 0 Å². The number of amides is 1. The maximum Gasteiger partial charge on any atom is 0.267 e. The van der Waals surface area contributed by atoms with Gasteiger partial charge in [-0.2, -0.15) is 0 Å². The molecule has 2 N–H and O–H groups in total. The van der Waals surface area contributed by atoms with Crippen LogP contribution in [0.3, 0.4) is 0 Å². The van der Waals surface area contributed by atoms with E-state index in [0.717, 1.165) is 11.8 Å². The number of rotatable bonds is 3. The molecule has 1 heterocycles. The molecule has 0 unspecified atom stereocenters. The van der Waals surface area contributed by atoms with E-state index in [0.29, 0.717) is 14.9 Å². The van der Waals surface area contributed by atoms with Crippen molar-refractivity contribution in [3.05, 3.63) is 57.8 Å². The zero-order valence-corrected chi connectivity index (χ0v) is 12.3. The highest BCUT2D eigenvalue weighted by Crippen LogP contribution is 2.29. The predicted octanol–water partition coefficient (Wildman–Crippen LogP) is 3.42. The molecule has 0 aliphatic rings. The summed E-state index contributed by atoms with van der Waals surface area (Å²) in [7, 11) is 0. The van der Waals surface area contributed by atoms with Crippen molar-refractivity contribution in [2.75, 3.05) is 0 Å². The molecule has 0 saturated carbocycles. The number of nitrogens with two attached hydrogens (primary N) is 1. The molecule has 1 amide bonds. The monoisotopic (exact) mass is 326 g/mol. The minimum Gasteiger partial charge on any atom is -0.364 e. The van der Waals surface area contributed by atoms with Crippen LogP contribution in [0.2, 0.25) is 10.0 Å². The molecule has 1 aromatic heterocycles. The van der Waals surface area contributed by atoms with Crippen LogP contribution in [-0.2, 0) is 0 Å². The van der Waals surface area contributed by atoms with Crippen molar-refractivity contribution in [1.29, 1.82) is 0 Å². The fourth-order valence-corrected chi connectivity index (χ4v) is 2.49. The van der Waals surface area contributed by atoms with Gasteiger partial charge in [0.25, 0.3) is 5.91 Å². The summed E-state index contributed by atoms with van der Waals surface area (Å²) < 4.78 is 0. The van der Waals surface area contributed by atoms with E-state index in [1.54, 1.807) is 24.3 Å². The highest BCUT2D eigenvalue weighted by molar-refractivity contribution is 8.14. The Morgan fingerprint density at radius 2 is 1.75 bits per heavy atom. The van der Waals surface area contributed by atoms with Crippen molar-refractivity contribution in [1.82, 2.24) is 4.98 Å². The van der Waals surface area contributed by atoms with E-state index in [9.17, 15) is 9.59 Å². The zero-order valence-electron chi connectivity index (χ0n) is 9.97. The van der Waals surface area contributed by atoms with Gasteiger partial charge in [0.05, 0.1) is 10.0 Å². The molecule has 4 nitrogen and oxygen atoms in total. The number of thioether (sulfide) groups is 1. The molecule has 0 radical (unpaired) electrons. The predicted molar refractivity (Wildman–Crippen MR) is 79.4 cm³/mol. The van der Waals surface area contributed by atoms with Gasteiger partial charge >= 0.3 is 0 Å². The molecular weight excluding hydrogens is 319 g/mol. The normalized spacial score (nSPS) is 10.3. The van der Waals surface area contributed by atoms with Crippen LogP contribution in [0.25, 0.3) is 0 Å². The average molecular weight is 327 g/mol. The standard InChI is InChI=1S/C13H8Cl2N2O2S/c14-8-5-4-7(6-9(8)15)20-13(19)11-3-1-2-10(17-11)12(16)18/h1-6H,(H2,16,18). The Kier molecular flexibility index (Phi) is 4.65. The van der Waals surface area contributed by atoms with E-state index >= 15 is 0 Å².